The summed E-state index contributed by atoms with van der Waals surface area (Å²) in [6.07, 6.45) is 8.16. The Balaban J connectivity index is 1.54. The number of methoxy groups -OCH3 is 1. The van der Waals surface area contributed by atoms with Crippen LogP contribution in [0.15, 0.2) is 10.6 Å². The molecule has 1 aliphatic heterocycles. The van der Waals surface area contributed by atoms with Crippen molar-refractivity contribution < 1.29 is 18.8 Å². The highest BCUT2D eigenvalue weighted by molar-refractivity contribution is 5.86. The summed E-state index contributed by atoms with van der Waals surface area (Å²) in [4.78, 5) is 24.0. The van der Waals surface area contributed by atoms with Crippen molar-refractivity contribution in [2.24, 2.45) is 11.8 Å². The molecular formula is C19H29N3O4. The van der Waals surface area contributed by atoms with Crippen molar-refractivity contribution in [3.63, 3.8) is 0 Å². The molecule has 1 aliphatic carbocycles. The van der Waals surface area contributed by atoms with E-state index in [1.54, 1.807) is 6.07 Å². The fourth-order valence-corrected chi connectivity index (χ4v) is 4.13. The molecule has 1 aromatic heterocycles. The third-order valence-corrected chi connectivity index (χ3v) is 5.60. The number of aromatic nitrogens is 1. The number of nitrogens with zero attached hydrogens (tertiary/aromatic N) is 1. The van der Waals surface area contributed by atoms with Gasteiger partial charge in [0.1, 0.15) is 0 Å². The van der Waals surface area contributed by atoms with Gasteiger partial charge in [-0.2, -0.15) is 0 Å². The maximum atomic E-state index is 12.5. The number of ether oxygens (including phenoxy) is 1. The van der Waals surface area contributed by atoms with Crippen LogP contribution in [0, 0.1) is 11.8 Å². The molecule has 0 bridgehead atoms. The molecule has 0 aromatic carbocycles. The fraction of sp³-hybridized carbons (Fsp3) is 0.737. The van der Waals surface area contributed by atoms with Crippen LogP contribution in [0.5, 0.6) is 0 Å². The molecule has 7 nitrogen and oxygen atoms in total. The van der Waals surface area contributed by atoms with Crippen LogP contribution < -0.4 is 10.6 Å². The van der Waals surface area contributed by atoms with Gasteiger partial charge in [0.2, 0.25) is 11.7 Å². The van der Waals surface area contributed by atoms with Crippen LogP contribution in [0.1, 0.15) is 61.2 Å². The second-order valence-corrected chi connectivity index (χ2v) is 7.50. The van der Waals surface area contributed by atoms with E-state index < -0.39 is 5.97 Å². The number of rotatable bonds is 6. The Bertz CT molecular complexity index is 610. The van der Waals surface area contributed by atoms with E-state index in [2.05, 4.69) is 20.5 Å². The Labute approximate surface area is 154 Å². The number of nitrogens with one attached hydrogen (secondary N) is 2. The van der Waals surface area contributed by atoms with E-state index >= 15 is 0 Å². The highest BCUT2D eigenvalue weighted by Gasteiger charge is 2.29. The van der Waals surface area contributed by atoms with Gasteiger partial charge in [0, 0.05) is 18.5 Å². The second kappa shape index (κ2) is 9.16. The summed E-state index contributed by atoms with van der Waals surface area (Å²) >= 11 is 0. The topological polar surface area (TPSA) is 93.5 Å². The summed E-state index contributed by atoms with van der Waals surface area (Å²) in [5.41, 5.74) is 0.733. The lowest BCUT2D eigenvalue weighted by molar-refractivity contribution is -0.123. The van der Waals surface area contributed by atoms with E-state index in [0.29, 0.717) is 30.7 Å². The third-order valence-electron chi connectivity index (χ3n) is 5.60. The summed E-state index contributed by atoms with van der Waals surface area (Å²) in [6, 6.07) is 1.99. The summed E-state index contributed by atoms with van der Waals surface area (Å²) < 4.78 is 9.70. The highest BCUT2D eigenvalue weighted by Crippen LogP contribution is 2.27. The van der Waals surface area contributed by atoms with Crippen LogP contribution in [0.4, 0.5) is 0 Å². The van der Waals surface area contributed by atoms with Crippen molar-refractivity contribution in [2.75, 3.05) is 20.2 Å². The number of esters is 1. The van der Waals surface area contributed by atoms with E-state index in [1.807, 2.05) is 0 Å². The Kier molecular flexibility index (Phi) is 6.66. The number of piperidine rings is 1. The van der Waals surface area contributed by atoms with Crippen molar-refractivity contribution in [2.45, 2.75) is 57.4 Å². The maximum Gasteiger partial charge on any atom is 0.376 e. The number of amides is 1. The lowest BCUT2D eigenvalue weighted by atomic mass is 9.81. The molecule has 2 heterocycles. The predicted octanol–water partition coefficient (Wildman–Crippen LogP) is 2.07. The molecule has 7 heteroatoms. The molecule has 0 radical (unpaired) electrons. The Hall–Kier alpha value is -1.89. The van der Waals surface area contributed by atoms with Gasteiger partial charge in [0.05, 0.1) is 12.8 Å². The lowest BCUT2D eigenvalue weighted by Crippen LogP contribution is -2.42. The van der Waals surface area contributed by atoms with Gasteiger partial charge in [0.25, 0.3) is 0 Å². The van der Waals surface area contributed by atoms with E-state index in [4.69, 9.17) is 4.52 Å². The summed E-state index contributed by atoms with van der Waals surface area (Å²) in [6.45, 7) is 1.78. The average molecular weight is 363 g/mol. The molecule has 1 amide bonds. The molecule has 2 aliphatic rings. The van der Waals surface area contributed by atoms with Crippen molar-refractivity contribution >= 4 is 11.9 Å². The number of hydrogen-bond donors (Lipinski definition) is 2. The first kappa shape index (κ1) is 18.9. The normalized spacial score (nSPS) is 24.2. The smallest absolute Gasteiger partial charge is 0.376 e. The third kappa shape index (κ3) is 5.06. The number of carbonyl (C=O) groups is 2. The molecule has 0 unspecified atom stereocenters. The van der Waals surface area contributed by atoms with Crippen LogP contribution in [0.3, 0.4) is 0 Å². The van der Waals surface area contributed by atoms with Gasteiger partial charge in [-0.1, -0.05) is 24.4 Å². The first-order valence-corrected chi connectivity index (χ1v) is 9.69. The largest absolute Gasteiger partial charge is 0.463 e. The first-order chi connectivity index (χ1) is 12.7. The Morgan fingerprint density at radius 2 is 2.08 bits per heavy atom. The predicted molar refractivity (Wildman–Crippen MR) is 95.6 cm³/mol. The highest BCUT2D eigenvalue weighted by atomic mass is 16.5. The van der Waals surface area contributed by atoms with E-state index in [-0.39, 0.29) is 11.7 Å². The van der Waals surface area contributed by atoms with Gasteiger partial charge in [0.15, 0.2) is 0 Å². The van der Waals surface area contributed by atoms with E-state index in [1.165, 1.54) is 26.4 Å². The first-order valence-electron chi connectivity index (χ1n) is 9.69. The van der Waals surface area contributed by atoms with Gasteiger partial charge in [-0.05, 0) is 50.6 Å². The van der Waals surface area contributed by atoms with Crippen molar-refractivity contribution in [1.29, 1.82) is 0 Å². The Morgan fingerprint density at radius 1 is 1.27 bits per heavy atom. The Morgan fingerprint density at radius 3 is 2.85 bits per heavy atom. The minimum atomic E-state index is -0.520. The zero-order valence-electron chi connectivity index (χ0n) is 15.5. The minimum absolute atomic E-state index is 0.123. The molecule has 1 saturated carbocycles. The molecule has 2 N–H and O–H groups in total. The number of carbonyl (C=O) groups excluding carboxylic acids is 2. The average Bonchev–Trinajstić information content (AvgIpc) is 3.12. The zero-order chi connectivity index (χ0) is 18.4. The summed E-state index contributed by atoms with van der Waals surface area (Å²) in [5.74, 6) is 0.394. The van der Waals surface area contributed by atoms with Crippen molar-refractivity contribution in [3.05, 3.63) is 17.5 Å². The molecule has 26 heavy (non-hydrogen) atoms. The van der Waals surface area contributed by atoms with Crippen LogP contribution >= 0.6 is 0 Å². The standard InChI is InChI=1S/C19H29N3O4/c1-25-19(24)17-11-16(22-26-17)9-14-12-20-8-7-13(14)10-18(23)21-15-5-3-2-4-6-15/h11,13-15,20H,2-10,12H2,1H3,(H,21,23)/t13-,14-/m0/s1. The minimum Gasteiger partial charge on any atom is -0.463 e. The van der Waals surface area contributed by atoms with E-state index in [0.717, 1.165) is 38.0 Å². The molecule has 144 valence electrons. The molecule has 3 rings (SSSR count). The maximum absolute atomic E-state index is 12.5. The molecule has 2 atom stereocenters. The quantitative estimate of drug-likeness (QED) is 0.752. The van der Waals surface area contributed by atoms with Crippen LogP contribution in [-0.4, -0.2) is 43.3 Å². The van der Waals surface area contributed by atoms with Gasteiger partial charge in [-0.25, -0.2) is 4.79 Å². The lowest BCUT2D eigenvalue weighted by Gasteiger charge is -2.32. The summed E-state index contributed by atoms with van der Waals surface area (Å²) in [7, 11) is 1.32. The molecule has 1 saturated heterocycles. The van der Waals surface area contributed by atoms with Gasteiger partial charge in [-0.3, -0.25) is 4.79 Å². The van der Waals surface area contributed by atoms with Gasteiger partial charge >= 0.3 is 5.97 Å². The van der Waals surface area contributed by atoms with Gasteiger partial charge < -0.3 is 19.9 Å². The fourth-order valence-electron chi connectivity index (χ4n) is 4.13. The molecular weight excluding hydrogens is 334 g/mol. The van der Waals surface area contributed by atoms with E-state index in [9.17, 15) is 9.59 Å². The molecule has 0 spiro atoms. The van der Waals surface area contributed by atoms with Gasteiger partial charge in [-0.15, -0.1) is 0 Å². The monoisotopic (exact) mass is 363 g/mol. The second-order valence-electron chi connectivity index (χ2n) is 7.50. The van der Waals surface area contributed by atoms with Crippen molar-refractivity contribution in [3.8, 4) is 0 Å². The van der Waals surface area contributed by atoms with Crippen LogP contribution in [-0.2, 0) is 16.0 Å². The zero-order valence-corrected chi connectivity index (χ0v) is 15.5. The van der Waals surface area contributed by atoms with Crippen LogP contribution in [0.2, 0.25) is 0 Å². The summed E-state index contributed by atoms with van der Waals surface area (Å²) in [5, 5.41) is 10.6. The molecule has 2 fully saturated rings. The number of hydrogen-bond acceptors (Lipinski definition) is 6. The van der Waals surface area contributed by atoms with Crippen LogP contribution in [0.25, 0.3) is 0 Å². The SMILES string of the molecule is COC(=O)c1cc(C[C@H]2CNCC[C@H]2CC(=O)NC2CCCCC2)no1. The van der Waals surface area contributed by atoms with Crippen molar-refractivity contribution in [1.82, 2.24) is 15.8 Å². The molecule has 1 aromatic rings.